The summed E-state index contributed by atoms with van der Waals surface area (Å²) >= 11 is 5.93. The van der Waals surface area contributed by atoms with E-state index in [4.69, 9.17) is 21.6 Å². The van der Waals surface area contributed by atoms with Crippen LogP contribution in [0.2, 0.25) is 5.02 Å². The quantitative estimate of drug-likeness (QED) is 0.807. The molecule has 0 aliphatic carbocycles. The van der Waals surface area contributed by atoms with E-state index in [9.17, 15) is 9.59 Å². The van der Waals surface area contributed by atoms with E-state index in [-0.39, 0.29) is 13.0 Å². The second-order valence-corrected chi connectivity index (χ2v) is 6.35. The molecule has 7 heteroatoms. The zero-order chi connectivity index (χ0) is 17.5. The van der Waals surface area contributed by atoms with Crippen molar-refractivity contribution < 1.29 is 14.3 Å². The maximum absolute atomic E-state index is 12.1. The number of ether oxygens (including phenoxy) is 1. The fraction of sp³-hybridized carbons (Fsp3) is 0.438. The first kappa shape index (κ1) is 18.8. The number of halogens is 1. The summed E-state index contributed by atoms with van der Waals surface area (Å²) in [5.41, 5.74) is 0.110. The van der Waals surface area contributed by atoms with Gasteiger partial charge in [-0.05, 0) is 38.5 Å². The predicted octanol–water partition coefficient (Wildman–Crippen LogP) is 2.42. The normalized spacial score (nSPS) is 12.0. The summed E-state index contributed by atoms with van der Waals surface area (Å²) in [4.78, 5) is 24.0. The van der Waals surface area contributed by atoms with E-state index < -0.39 is 23.6 Å². The molecule has 0 heterocycles. The number of rotatable bonds is 5. The summed E-state index contributed by atoms with van der Waals surface area (Å²) in [6.45, 7) is 5.05. The van der Waals surface area contributed by atoms with E-state index in [0.29, 0.717) is 5.02 Å². The minimum atomic E-state index is -0.864. The first-order chi connectivity index (χ1) is 10.7. The molecule has 124 valence electrons. The van der Waals surface area contributed by atoms with Gasteiger partial charge in [0.25, 0.3) is 0 Å². The second-order valence-electron chi connectivity index (χ2n) is 5.91. The number of hydrogen-bond acceptors (Lipinski definition) is 4. The fourth-order valence-electron chi connectivity index (χ4n) is 1.81. The zero-order valence-corrected chi connectivity index (χ0v) is 14.1. The van der Waals surface area contributed by atoms with Gasteiger partial charge in [0.05, 0.1) is 6.07 Å². The van der Waals surface area contributed by atoms with Gasteiger partial charge in [-0.1, -0.05) is 23.7 Å². The van der Waals surface area contributed by atoms with E-state index in [1.165, 1.54) is 0 Å². The van der Waals surface area contributed by atoms with Gasteiger partial charge >= 0.3 is 6.09 Å². The maximum atomic E-state index is 12.1. The third-order valence-electron chi connectivity index (χ3n) is 2.68. The average Bonchev–Trinajstić information content (AvgIpc) is 2.42. The molecule has 6 nitrogen and oxygen atoms in total. The Bertz CT molecular complexity index is 605. The Morgan fingerprint density at radius 3 is 2.65 bits per heavy atom. The Labute approximate surface area is 140 Å². The molecule has 0 aliphatic rings. The van der Waals surface area contributed by atoms with Gasteiger partial charge < -0.3 is 15.4 Å². The number of alkyl carbamates (subject to hydrolysis) is 1. The summed E-state index contributed by atoms with van der Waals surface area (Å²) in [6, 6.07) is 7.95. The summed E-state index contributed by atoms with van der Waals surface area (Å²) in [7, 11) is 0. The summed E-state index contributed by atoms with van der Waals surface area (Å²) in [5.74, 6) is -0.461. The van der Waals surface area contributed by atoms with Crippen molar-refractivity contribution >= 4 is 23.6 Å². The molecule has 2 N–H and O–H groups in total. The van der Waals surface area contributed by atoms with Crippen LogP contribution in [0.25, 0.3) is 0 Å². The standard InChI is InChI=1S/C16H20ClN3O3/c1-16(2,3)23-15(22)20-13(14(21)19-8-7-18)10-11-5-4-6-12(17)9-11/h4-6,9,13H,8,10H2,1-3H3,(H,19,21)(H,20,22)/t13-/m0/s1. The first-order valence-corrected chi connectivity index (χ1v) is 7.47. The molecule has 0 unspecified atom stereocenters. The van der Waals surface area contributed by atoms with Crippen molar-refractivity contribution in [3.63, 3.8) is 0 Å². The minimum Gasteiger partial charge on any atom is -0.444 e. The molecule has 1 aromatic carbocycles. The number of nitrogens with one attached hydrogen (secondary N) is 2. The molecule has 1 aromatic rings. The molecule has 1 rings (SSSR count). The Hall–Kier alpha value is -2.26. The molecule has 0 fully saturated rings. The topological polar surface area (TPSA) is 91.2 Å². The van der Waals surface area contributed by atoms with E-state index in [1.807, 2.05) is 6.07 Å². The molecule has 0 radical (unpaired) electrons. The number of nitriles is 1. The van der Waals surface area contributed by atoms with E-state index >= 15 is 0 Å². The van der Waals surface area contributed by atoms with Crippen LogP contribution in [0.5, 0.6) is 0 Å². The van der Waals surface area contributed by atoms with Gasteiger partial charge in [0.15, 0.2) is 0 Å². The molecule has 0 spiro atoms. The van der Waals surface area contributed by atoms with Crippen molar-refractivity contribution in [2.24, 2.45) is 0 Å². The van der Waals surface area contributed by atoms with Crippen molar-refractivity contribution in [1.82, 2.24) is 10.6 Å². The highest BCUT2D eigenvalue weighted by Gasteiger charge is 2.24. The number of hydrogen-bond donors (Lipinski definition) is 2. The lowest BCUT2D eigenvalue weighted by molar-refractivity contribution is -0.122. The van der Waals surface area contributed by atoms with Crippen molar-refractivity contribution in [3.8, 4) is 6.07 Å². The number of benzene rings is 1. The van der Waals surface area contributed by atoms with E-state index in [0.717, 1.165) is 5.56 Å². The number of amides is 2. The maximum Gasteiger partial charge on any atom is 0.408 e. The molecule has 23 heavy (non-hydrogen) atoms. The zero-order valence-electron chi connectivity index (χ0n) is 13.4. The van der Waals surface area contributed by atoms with Gasteiger partial charge in [0.1, 0.15) is 18.2 Å². The van der Waals surface area contributed by atoms with E-state index in [2.05, 4.69) is 10.6 Å². The molecule has 0 aliphatic heterocycles. The lowest BCUT2D eigenvalue weighted by atomic mass is 10.1. The Kier molecular flexibility index (Phi) is 6.86. The minimum absolute atomic E-state index is 0.138. The van der Waals surface area contributed by atoms with Crippen LogP contribution >= 0.6 is 11.6 Å². The molecular formula is C16H20ClN3O3. The molecule has 0 saturated carbocycles. The van der Waals surface area contributed by atoms with Crippen LogP contribution in [0.3, 0.4) is 0 Å². The molecule has 0 aromatic heterocycles. The average molecular weight is 338 g/mol. The van der Waals surface area contributed by atoms with Gasteiger partial charge in [0.2, 0.25) is 5.91 Å². The summed E-state index contributed by atoms with van der Waals surface area (Å²) in [6.07, 6.45) is -0.464. The summed E-state index contributed by atoms with van der Waals surface area (Å²) < 4.78 is 5.16. The van der Waals surface area contributed by atoms with Crippen LogP contribution in [-0.4, -0.2) is 30.2 Å². The van der Waals surface area contributed by atoms with Gasteiger partial charge in [-0.15, -0.1) is 0 Å². The first-order valence-electron chi connectivity index (χ1n) is 7.10. The lowest BCUT2D eigenvalue weighted by Gasteiger charge is -2.23. The third-order valence-corrected chi connectivity index (χ3v) is 2.91. The van der Waals surface area contributed by atoms with Gasteiger partial charge in [-0.2, -0.15) is 5.26 Å². The van der Waals surface area contributed by atoms with Gasteiger partial charge in [-0.25, -0.2) is 4.79 Å². The molecule has 1 atom stereocenters. The lowest BCUT2D eigenvalue weighted by Crippen LogP contribution is -2.49. The SMILES string of the molecule is CC(C)(C)OC(=O)N[C@@H](Cc1cccc(Cl)c1)C(=O)NCC#N. The summed E-state index contributed by atoms with van der Waals surface area (Å²) in [5, 5.41) is 14.1. The highest BCUT2D eigenvalue weighted by Crippen LogP contribution is 2.13. The smallest absolute Gasteiger partial charge is 0.408 e. The van der Waals surface area contributed by atoms with Crippen molar-refractivity contribution in [3.05, 3.63) is 34.9 Å². The number of nitrogens with zero attached hydrogens (tertiary/aromatic N) is 1. The molecular weight excluding hydrogens is 318 g/mol. The largest absolute Gasteiger partial charge is 0.444 e. The monoisotopic (exact) mass is 337 g/mol. The van der Waals surface area contributed by atoms with Crippen molar-refractivity contribution in [2.75, 3.05) is 6.54 Å². The highest BCUT2D eigenvalue weighted by molar-refractivity contribution is 6.30. The molecule has 0 saturated heterocycles. The van der Waals surface area contributed by atoms with Crippen LogP contribution in [0.1, 0.15) is 26.3 Å². The fourth-order valence-corrected chi connectivity index (χ4v) is 2.02. The van der Waals surface area contributed by atoms with Gasteiger partial charge in [-0.3, -0.25) is 4.79 Å². The number of carbonyl (C=O) groups is 2. The van der Waals surface area contributed by atoms with Crippen LogP contribution < -0.4 is 10.6 Å². The third kappa shape index (κ3) is 7.52. The molecule has 0 bridgehead atoms. The second kappa shape index (κ2) is 8.39. The van der Waals surface area contributed by atoms with Crippen LogP contribution in [-0.2, 0) is 16.0 Å². The van der Waals surface area contributed by atoms with Crippen LogP contribution in [0.4, 0.5) is 4.79 Å². The van der Waals surface area contributed by atoms with Crippen LogP contribution in [0.15, 0.2) is 24.3 Å². The Morgan fingerprint density at radius 1 is 1.39 bits per heavy atom. The Morgan fingerprint density at radius 2 is 2.09 bits per heavy atom. The number of carbonyl (C=O) groups excluding carboxylic acids is 2. The van der Waals surface area contributed by atoms with Gasteiger partial charge in [0, 0.05) is 11.4 Å². The van der Waals surface area contributed by atoms with Crippen molar-refractivity contribution in [1.29, 1.82) is 5.26 Å². The Balaban J connectivity index is 2.82. The highest BCUT2D eigenvalue weighted by atomic mass is 35.5. The molecule has 2 amide bonds. The predicted molar refractivity (Wildman–Crippen MR) is 86.9 cm³/mol. The van der Waals surface area contributed by atoms with Crippen LogP contribution in [0, 0.1) is 11.3 Å². The van der Waals surface area contributed by atoms with Crippen molar-refractivity contribution in [2.45, 2.75) is 38.8 Å². The van der Waals surface area contributed by atoms with E-state index in [1.54, 1.807) is 45.0 Å².